The van der Waals surface area contributed by atoms with Crippen LogP contribution < -0.4 is 20.3 Å². The molecule has 0 aromatic heterocycles. The van der Waals surface area contributed by atoms with Gasteiger partial charge < -0.3 is 19.9 Å². The highest BCUT2D eigenvalue weighted by molar-refractivity contribution is 7.80. The fourth-order valence-electron chi connectivity index (χ4n) is 4.20. The van der Waals surface area contributed by atoms with E-state index in [0.29, 0.717) is 42.6 Å². The van der Waals surface area contributed by atoms with Crippen LogP contribution in [0.25, 0.3) is 0 Å². The molecule has 0 saturated carbocycles. The van der Waals surface area contributed by atoms with Crippen molar-refractivity contribution in [3.05, 3.63) is 86.4 Å². The summed E-state index contributed by atoms with van der Waals surface area (Å²) in [5.41, 5.74) is 3.41. The number of aryl methyl sites for hydroxylation is 1. The van der Waals surface area contributed by atoms with Gasteiger partial charge in [-0.1, -0.05) is 53.0 Å². The van der Waals surface area contributed by atoms with Crippen molar-refractivity contribution in [2.45, 2.75) is 6.92 Å². The standard InChI is InChI=1S/C27H25Cl3N4O3S/c1-16-5-3-4-6-19(16)26(36)34-11-9-33(10-12-34)23-8-7-18(15-20(23)28)31-27(38)32-25(35)17-13-21(29)24(37-2)22(30)14-17/h3-8,13-15H,9-12H2,1-2H3,(H2,31,32,35,38). The van der Waals surface area contributed by atoms with Crippen molar-refractivity contribution < 1.29 is 14.3 Å². The van der Waals surface area contributed by atoms with Gasteiger partial charge in [-0.25, -0.2) is 0 Å². The van der Waals surface area contributed by atoms with Crippen molar-refractivity contribution in [3.63, 3.8) is 0 Å². The van der Waals surface area contributed by atoms with Gasteiger partial charge >= 0.3 is 0 Å². The second-order valence-corrected chi connectivity index (χ2v) is 10.3. The first-order valence-electron chi connectivity index (χ1n) is 11.7. The number of hydrogen-bond donors (Lipinski definition) is 2. The molecule has 0 unspecified atom stereocenters. The van der Waals surface area contributed by atoms with Gasteiger partial charge in [0.05, 0.1) is 27.9 Å². The molecule has 2 amide bonds. The third-order valence-corrected chi connectivity index (χ3v) is 7.25. The summed E-state index contributed by atoms with van der Waals surface area (Å²) >= 11 is 24.1. The molecule has 198 valence electrons. The van der Waals surface area contributed by atoms with E-state index in [1.165, 1.54) is 19.2 Å². The number of ether oxygens (including phenoxy) is 1. The number of piperazine rings is 1. The van der Waals surface area contributed by atoms with Gasteiger partial charge in [-0.15, -0.1) is 0 Å². The third-order valence-electron chi connectivity index (χ3n) is 6.18. The summed E-state index contributed by atoms with van der Waals surface area (Å²) < 4.78 is 5.11. The molecule has 3 aromatic rings. The van der Waals surface area contributed by atoms with Crippen LogP contribution in [0.3, 0.4) is 0 Å². The van der Waals surface area contributed by atoms with E-state index in [-0.39, 0.29) is 26.6 Å². The smallest absolute Gasteiger partial charge is 0.257 e. The van der Waals surface area contributed by atoms with Crippen molar-refractivity contribution in [3.8, 4) is 5.75 Å². The SMILES string of the molecule is COc1c(Cl)cc(C(=O)NC(=S)Nc2ccc(N3CCN(C(=O)c4ccccc4C)CC3)c(Cl)c2)cc1Cl. The number of amides is 2. The summed E-state index contributed by atoms with van der Waals surface area (Å²) in [7, 11) is 1.44. The van der Waals surface area contributed by atoms with Gasteiger partial charge in [0.25, 0.3) is 11.8 Å². The zero-order chi connectivity index (χ0) is 27.4. The molecule has 1 saturated heterocycles. The topological polar surface area (TPSA) is 73.9 Å². The molecule has 3 aromatic carbocycles. The highest BCUT2D eigenvalue weighted by atomic mass is 35.5. The van der Waals surface area contributed by atoms with Gasteiger partial charge in [0, 0.05) is 43.0 Å². The molecule has 1 aliphatic rings. The summed E-state index contributed by atoms with van der Waals surface area (Å²) in [4.78, 5) is 29.5. The van der Waals surface area contributed by atoms with Crippen molar-refractivity contribution in [1.29, 1.82) is 0 Å². The highest BCUT2D eigenvalue weighted by Gasteiger charge is 2.24. The number of anilines is 2. The fraction of sp³-hybridized carbons (Fsp3) is 0.222. The largest absolute Gasteiger partial charge is 0.494 e. The molecular weight excluding hydrogens is 567 g/mol. The van der Waals surface area contributed by atoms with E-state index >= 15 is 0 Å². The lowest BCUT2D eigenvalue weighted by molar-refractivity contribution is 0.0746. The van der Waals surface area contributed by atoms with Gasteiger partial charge in [0.1, 0.15) is 0 Å². The number of nitrogens with one attached hydrogen (secondary N) is 2. The lowest BCUT2D eigenvalue weighted by Crippen LogP contribution is -2.49. The molecule has 11 heteroatoms. The molecule has 0 spiro atoms. The van der Waals surface area contributed by atoms with E-state index in [1.54, 1.807) is 6.07 Å². The van der Waals surface area contributed by atoms with Crippen LogP contribution in [0, 0.1) is 6.92 Å². The lowest BCUT2D eigenvalue weighted by Gasteiger charge is -2.36. The van der Waals surface area contributed by atoms with E-state index in [2.05, 4.69) is 15.5 Å². The molecule has 7 nitrogen and oxygen atoms in total. The summed E-state index contributed by atoms with van der Waals surface area (Å²) in [6.45, 7) is 4.45. The van der Waals surface area contributed by atoms with Gasteiger partial charge in [-0.3, -0.25) is 14.9 Å². The van der Waals surface area contributed by atoms with Crippen LogP contribution in [0.15, 0.2) is 54.6 Å². The van der Waals surface area contributed by atoms with E-state index in [9.17, 15) is 9.59 Å². The van der Waals surface area contributed by atoms with Crippen molar-refractivity contribution in [2.75, 3.05) is 43.5 Å². The average Bonchev–Trinajstić information content (AvgIpc) is 2.88. The maximum atomic E-state index is 12.9. The molecule has 0 atom stereocenters. The van der Waals surface area contributed by atoms with E-state index in [0.717, 1.165) is 16.8 Å². The average molecular weight is 592 g/mol. The van der Waals surface area contributed by atoms with Crippen molar-refractivity contribution in [2.24, 2.45) is 0 Å². The molecule has 4 rings (SSSR count). The first kappa shape index (κ1) is 28.0. The zero-order valence-corrected chi connectivity index (χ0v) is 23.8. The van der Waals surface area contributed by atoms with E-state index < -0.39 is 5.91 Å². The van der Waals surface area contributed by atoms with Crippen LogP contribution in [0.2, 0.25) is 15.1 Å². The van der Waals surface area contributed by atoms with Crippen molar-refractivity contribution in [1.82, 2.24) is 10.2 Å². The monoisotopic (exact) mass is 590 g/mol. The maximum Gasteiger partial charge on any atom is 0.257 e. The molecular formula is C27H25Cl3N4O3S. The fourth-order valence-corrected chi connectivity index (χ4v) is 5.35. The van der Waals surface area contributed by atoms with Gasteiger partial charge in [0.2, 0.25) is 0 Å². The number of carbonyl (C=O) groups is 2. The molecule has 1 aliphatic heterocycles. The predicted molar refractivity (Wildman–Crippen MR) is 157 cm³/mol. The minimum atomic E-state index is -0.477. The van der Waals surface area contributed by atoms with Crippen LogP contribution in [-0.2, 0) is 0 Å². The number of rotatable bonds is 5. The summed E-state index contributed by atoms with van der Waals surface area (Å²) in [6.07, 6.45) is 0. The second kappa shape index (κ2) is 12.2. The summed E-state index contributed by atoms with van der Waals surface area (Å²) in [5, 5.41) is 6.60. The Hall–Kier alpha value is -3.04. The molecule has 1 heterocycles. The minimum Gasteiger partial charge on any atom is -0.494 e. The Balaban J connectivity index is 1.34. The normalized spacial score (nSPS) is 13.2. The maximum absolute atomic E-state index is 12.9. The summed E-state index contributed by atoms with van der Waals surface area (Å²) in [5.74, 6) is -0.141. The summed E-state index contributed by atoms with van der Waals surface area (Å²) in [6, 6.07) is 16.0. The number of nitrogens with zero attached hydrogens (tertiary/aromatic N) is 2. The van der Waals surface area contributed by atoms with Crippen molar-refractivity contribution >= 4 is 75.3 Å². The second-order valence-electron chi connectivity index (χ2n) is 8.64. The van der Waals surface area contributed by atoms with E-state index in [1.807, 2.05) is 48.2 Å². The molecule has 0 bridgehead atoms. The van der Waals surface area contributed by atoms with Crippen LogP contribution in [0.4, 0.5) is 11.4 Å². The number of carbonyl (C=O) groups excluding carboxylic acids is 2. The Morgan fingerprint density at radius 3 is 2.18 bits per heavy atom. The van der Waals surface area contributed by atoms with Crippen LogP contribution >= 0.6 is 47.0 Å². The quantitative estimate of drug-likeness (QED) is 0.352. The predicted octanol–water partition coefficient (Wildman–Crippen LogP) is 6.05. The molecule has 1 fully saturated rings. The van der Waals surface area contributed by atoms with Gasteiger partial charge in [0.15, 0.2) is 10.9 Å². The molecule has 0 radical (unpaired) electrons. The van der Waals surface area contributed by atoms with Crippen LogP contribution in [-0.4, -0.2) is 55.1 Å². The molecule has 0 aliphatic carbocycles. The lowest BCUT2D eigenvalue weighted by atomic mass is 10.1. The van der Waals surface area contributed by atoms with Crippen LogP contribution in [0.1, 0.15) is 26.3 Å². The van der Waals surface area contributed by atoms with E-state index in [4.69, 9.17) is 51.8 Å². The Morgan fingerprint density at radius 2 is 1.58 bits per heavy atom. The Morgan fingerprint density at radius 1 is 0.921 bits per heavy atom. The Labute approximate surface area is 241 Å². The Bertz CT molecular complexity index is 1370. The third kappa shape index (κ3) is 6.32. The first-order chi connectivity index (χ1) is 18.2. The molecule has 2 N–H and O–H groups in total. The van der Waals surface area contributed by atoms with Gasteiger partial charge in [-0.2, -0.15) is 0 Å². The molecule has 38 heavy (non-hydrogen) atoms. The minimum absolute atomic E-state index is 0.0446. The number of methoxy groups -OCH3 is 1. The highest BCUT2D eigenvalue weighted by Crippen LogP contribution is 2.34. The van der Waals surface area contributed by atoms with Crippen LogP contribution in [0.5, 0.6) is 5.75 Å². The Kier molecular flexibility index (Phi) is 8.99. The number of hydrogen-bond acceptors (Lipinski definition) is 5. The van der Waals surface area contributed by atoms with Gasteiger partial charge in [-0.05, 0) is 61.1 Å². The number of benzene rings is 3. The zero-order valence-electron chi connectivity index (χ0n) is 20.7. The number of thiocarbonyl (C=S) groups is 1. The first-order valence-corrected chi connectivity index (χ1v) is 13.3. The number of halogens is 3.